The summed E-state index contributed by atoms with van der Waals surface area (Å²) in [7, 11) is 1.97. The van der Waals surface area contributed by atoms with Gasteiger partial charge in [0.1, 0.15) is 0 Å². The first kappa shape index (κ1) is 16.7. The number of nitrogens with one attached hydrogen (secondary N) is 1. The minimum Gasteiger partial charge on any atom is -0.352 e. The van der Waals surface area contributed by atoms with Gasteiger partial charge in [-0.05, 0) is 19.4 Å². The van der Waals surface area contributed by atoms with E-state index in [-0.39, 0.29) is 11.9 Å². The summed E-state index contributed by atoms with van der Waals surface area (Å²) in [5.74, 6) is 0.146. The molecule has 1 atom stereocenters. The van der Waals surface area contributed by atoms with Crippen LogP contribution < -0.4 is 5.32 Å². The first-order valence-electron chi connectivity index (χ1n) is 8.75. The quantitative estimate of drug-likeness (QED) is 0.919. The Labute approximate surface area is 143 Å². The third-order valence-electron chi connectivity index (χ3n) is 4.54. The van der Waals surface area contributed by atoms with Crippen molar-refractivity contribution in [2.45, 2.75) is 38.8 Å². The number of piperidine rings is 1. The molecule has 0 saturated carbocycles. The molecule has 2 aromatic rings. The molecule has 0 bridgehead atoms. The lowest BCUT2D eigenvalue weighted by Crippen LogP contribution is -2.47. The molecule has 1 N–H and O–H groups in total. The lowest BCUT2D eigenvalue weighted by Gasteiger charge is -2.33. The van der Waals surface area contributed by atoms with E-state index in [1.807, 2.05) is 36.9 Å². The van der Waals surface area contributed by atoms with Crippen LogP contribution in [0.25, 0.3) is 11.3 Å². The van der Waals surface area contributed by atoms with E-state index >= 15 is 0 Å². The molecular formula is C19H26N4O. The van der Waals surface area contributed by atoms with Gasteiger partial charge in [0, 0.05) is 49.9 Å². The van der Waals surface area contributed by atoms with Crippen molar-refractivity contribution >= 4 is 5.91 Å². The van der Waals surface area contributed by atoms with Crippen LogP contribution >= 0.6 is 0 Å². The second-order valence-electron chi connectivity index (χ2n) is 6.54. The lowest BCUT2D eigenvalue weighted by molar-refractivity contribution is -0.121. The number of carbonyl (C=O) groups is 1. The highest BCUT2D eigenvalue weighted by atomic mass is 16.1. The zero-order chi connectivity index (χ0) is 16.9. The Morgan fingerprint density at radius 2 is 2.12 bits per heavy atom. The first-order valence-corrected chi connectivity index (χ1v) is 8.75. The van der Waals surface area contributed by atoms with Crippen LogP contribution in [0.2, 0.25) is 0 Å². The number of hydrogen-bond donors (Lipinski definition) is 1. The van der Waals surface area contributed by atoms with Gasteiger partial charge in [0.25, 0.3) is 0 Å². The van der Waals surface area contributed by atoms with Crippen LogP contribution in [0.15, 0.2) is 36.5 Å². The number of amides is 1. The number of likely N-dealkylation sites (tertiary alicyclic amines) is 1. The Morgan fingerprint density at radius 1 is 1.33 bits per heavy atom. The molecule has 3 rings (SSSR count). The fraction of sp³-hybridized carbons (Fsp3) is 0.474. The fourth-order valence-corrected chi connectivity index (χ4v) is 3.38. The molecule has 0 radical (unpaired) electrons. The van der Waals surface area contributed by atoms with Gasteiger partial charge in [-0.3, -0.25) is 14.4 Å². The Morgan fingerprint density at radius 3 is 2.88 bits per heavy atom. The number of aryl methyl sites for hydroxylation is 1. The molecular weight excluding hydrogens is 300 g/mol. The Bertz CT molecular complexity index is 680. The predicted molar refractivity (Wildman–Crippen MR) is 95.4 cm³/mol. The highest BCUT2D eigenvalue weighted by molar-refractivity contribution is 5.75. The molecule has 128 valence electrons. The third-order valence-corrected chi connectivity index (χ3v) is 4.54. The molecule has 1 fully saturated rings. The van der Waals surface area contributed by atoms with Crippen molar-refractivity contribution in [3.8, 4) is 11.3 Å². The smallest absolute Gasteiger partial charge is 0.219 e. The molecule has 1 saturated heterocycles. The van der Waals surface area contributed by atoms with Gasteiger partial charge in [0.2, 0.25) is 5.91 Å². The van der Waals surface area contributed by atoms with E-state index in [2.05, 4.69) is 33.6 Å². The van der Waals surface area contributed by atoms with Crippen LogP contribution in [0, 0.1) is 0 Å². The van der Waals surface area contributed by atoms with Gasteiger partial charge in [0.15, 0.2) is 0 Å². The van der Waals surface area contributed by atoms with Crippen LogP contribution in [-0.2, 0) is 18.4 Å². The van der Waals surface area contributed by atoms with Crippen molar-refractivity contribution in [1.82, 2.24) is 20.0 Å². The topological polar surface area (TPSA) is 50.2 Å². The molecule has 24 heavy (non-hydrogen) atoms. The zero-order valence-corrected chi connectivity index (χ0v) is 14.5. The Hall–Kier alpha value is -2.14. The van der Waals surface area contributed by atoms with Gasteiger partial charge >= 0.3 is 0 Å². The van der Waals surface area contributed by atoms with Crippen LogP contribution in [0.1, 0.15) is 31.7 Å². The average Bonchev–Trinajstić information content (AvgIpc) is 2.96. The lowest BCUT2D eigenvalue weighted by atomic mass is 10.0. The van der Waals surface area contributed by atoms with Crippen molar-refractivity contribution in [2.24, 2.45) is 7.05 Å². The summed E-state index contributed by atoms with van der Waals surface area (Å²) in [5, 5.41) is 7.78. The van der Waals surface area contributed by atoms with Gasteiger partial charge in [-0.25, -0.2) is 0 Å². The number of aromatic nitrogens is 2. The van der Waals surface area contributed by atoms with E-state index in [4.69, 9.17) is 0 Å². The molecule has 1 aromatic heterocycles. The maximum Gasteiger partial charge on any atom is 0.219 e. The summed E-state index contributed by atoms with van der Waals surface area (Å²) in [5.41, 5.74) is 3.45. The van der Waals surface area contributed by atoms with Gasteiger partial charge in [-0.1, -0.05) is 37.3 Å². The minimum atomic E-state index is 0.146. The first-order chi connectivity index (χ1) is 11.7. The summed E-state index contributed by atoms with van der Waals surface area (Å²) in [4.78, 5) is 14.1. The summed E-state index contributed by atoms with van der Waals surface area (Å²) in [6.07, 6.45) is 4.85. The molecule has 0 spiro atoms. The third kappa shape index (κ3) is 4.03. The van der Waals surface area contributed by atoms with Crippen LogP contribution in [0.4, 0.5) is 0 Å². The van der Waals surface area contributed by atoms with Crippen molar-refractivity contribution in [1.29, 1.82) is 0 Å². The molecule has 1 aliphatic rings. The monoisotopic (exact) mass is 326 g/mol. The highest BCUT2D eigenvalue weighted by Crippen LogP contribution is 2.24. The van der Waals surface area contributed by atoms with E-state index in [9.17, 15) is 4.79 Å². The fourth-order valence-electron chi connectivity index (χ4n) is 3.38. The van der Waals surface area contributed by atoms with Crippen LogP contribution in [-0.4, -0.2) is 39.7 Å². The largest absolute Gasteiger partial charge is 0.352 e. The van der Waals surface area contributed by atoms with Crippen molar-refractivity contribution in [3.05, 3.63) is 42.1 Å². The average molecular weight is 326 g/mol. The van der Waals surface area contributed by atoms with Gasteiger partial charge in [-0.2, -0.15) is 5.10 Å². The number of rotatable bonds is 5. The Balaban J connectivity index is 1.71. The molecule has 1 aliphatic heterocycles. The minimum absolute atomic E-state index is 0.146. The number of benzene rings is 1. The molecule has 0 unspecified atom stereocenters. The second-order valence-corrected chi connectivity index (χ2v) is 6.54. The van der Waals surface area contributed by atoms with E-state index in [1.165, 1.54) is 5.56 Å². The normalized spacial score (nSPS) is 18.5. The summed E-state index contributed by atoms with van der Waals surface area (Å²) < 4.78 is 1.89. The second kappa shape index (κ2) is 7.62. The van der Waals surface area contributed by atoms with Crippen LogP contribution in [0.5, 0.6) is 0 Å². The van der Waals surface area contributed by atoms with Crippen molar-refractivity contribution < 1.29 is 4.79 Å². The maximum absolute atomic E-state index is 11.6. The molecule has 5 heteroatoms. The van der Waals surface area contributed by atoms with E-state index in [0.29, 0.717) is 6.42 Å². The van der Waals surface area contributed by atoms with Gasteiger partial charge < -0.3 is 5.32 Å². The molecule has 1 amide bonds. The van der Waals surface area contributed by atoms with E-state index in [0.717, 1.165) is 43.7 Å². The zero-order valence-electron chi connectivity index (χ0n) is 14.5. The van der Waals surface area contributed by atoms with E-state index < -0.39 is 0 Å². The Kier molecular flexibility index (Phi) is 5.30. The van der Waals surface area contributed by atoms with Crippen LogP contribution in [0.3, 0.4) is 0 Å². The maximum atomic E-state index is 11.6. The summed E-state index contributed by atoms with van der Waals surface area (Å²) in [6, 6.07) is 10.6. The number of hydrogen-bond acceptors (Lipinski definition) is 3. The standard InChI is InChI=1S/C19H26N4O/c1-3-18(24)20-17-10-7-11-23(14-17)13-16-12-22(2)21-19(16)15-8-5-4-6-9-15/h4-6,8-9,12,17H,3,7,10-11,13-14H2,1-2H3,(H,20,24)/t17-/m0/s1. The van der Waals surface area contributed by atoms with Crippen molar-refractivity contribution in [3.63, 3.8) is 0 Å². The summed E-state index contributed by atoms with van der Waals surface area (Å²) in [6.45, 7) is 4.75. The number of nitrogens with zero attached hydrogens (tertiary/aromatic N) is 3. The highest BCUT2D eigenvalue weighted by Gasteiger charge is 2.22. The summed E-state index contributed by atoms with van der Waals surface area (Å²) >= 11 is 0. The van der Waals surface area contributed by atoms with E-state index in [1.54, 1.807) is 0 Å². The molecule has 5 nitrogen and oxygen atoms in total. The van der Waals surface area contributed by atoms with Gasteiger partial charge in [-0.15, -0.1) is 0 Å². The SMILES string of the molecule is CCC(=O)N[C@H]1CCCN(Cc2cn(C)nc2-c2ccccc2)C1. The molecule has 1 aromatic carbocycles. The molecule has 2 heterocycles. The predicted octanol–water partition coefficient (Wildman–Crippen LogP) is 2.58. The molecule has 0 aliphatic carbocycles. The van der Waals surface area contributed by atoms with Crippen molar-refractivity contribution in [2.75, 3.05) is 13.1 Å². The number of carbonyl (C=O) groups excluding carboxylic acids is 1. The van der Waals surface area contributed by atoms with Gasteiger partial charge in [0.05, 0.1) is 5.69 Å².